The molecule has 0 aromatic heterocycles. The van der Waals surface area contributed by atoms with Crippen LogP contribution in [0, 0.1) is 0 Å². The number of hydrogen-bond acceptors (Lipinski definition) is 6. The van der Waals surface area contributed by atoms with Crippen LogP contribution in [0.3, 0.4) is 0 Å². The van der Waals surface area contributed by atoms with Crippen molar-refractivity contribution in [3.63, 3.8) is 0 Å². The molecule has 0 spiro atoms. The third-order valence-corrected chi connectivity index (χ3v) is 8.76. The third-order valence-electron chi connectivity index (χ3n) is 6.23. The van der Waals surface area contributed by atoms with Crippen LogP contribution < -0.4 is 15.8 Å². The summed E-state index contributed by atoms with van der Waals surface area (Å²) in [6.07, 6.45) is 0.849. The molecule has 1 heterocycles. The predicted molar refractivity (Wildman–Crippen MR) is 134 cm³/mol. The van der Waals surface area contributed by atoms with E-state index in [1.807, 2.05) is 24.3 Å². The molecule has 2 amide bonds. The summed E-state index contributed by atoms with van der Waals surface area (Å²) in [5.41, 5.74) is 7.40. The Morgan fingerprint density at radius 1 is 1.09 bits per heavy atom. The lowest BCUT2D eigenvalue weighted by Gasteiger charge is -2.33. The zero-order valence-corrected chi connectivity index (χ0v) is 21.3. The molecule has 2 aromatic rings. The maximum Gasteiger partial charge on any atom is 0.239 e. The summed E-state index contributed by atoms with van der Waals surface area (Å²) >= 11 is 0. The number of nitrogens with two attached hydrogens (primary N) is 1. The third kappa shape index (κ3) is 6.21. The van der Waals surface area contributed by atoms with Crippen LogP contribution in [0.15, 0.2) is 53.4 Å². The van der Waals surface area contributed by atoms with E-state index in [1.165, 1.54) is 12.1 Å². The van der Waals surface area contributed by atoms with Crippen molar-refractivity contribution in [3.8, 4) is 5.75 Å². The van der Waals surface area contributed by atoms with Crippen molar-refractivity contribution in [2.75, 3.05) is 25.1 Å². The maximum atomic E-state index is 13.2. The van der Waals surface area contributed by atoms with E-state index in [0.29, 0.717) is 18.8 Å². The SMILES string of the molecule is CC(C)(C)c1cccc(NC(=O)CCCOc2ccc(S(=O)(=O)C3(C(N)=O)CCOCC3)cc2)c1. The molecule has 0 saturated carbocycles. The molecule has 0 atom stereocenters. The summed E-state index contributed by atoms with van der Waals surface area (Å²) in [4.78, 5) is 24.4. The van der Waals surface area contributed by atoms with Gasteiger partial charge in [-0.15, -0.1) is 0 Å². The highest BCUT2D eigenvalue weighted by Crippen LogP contribution is 2.35. The Hall–Kier alpha value is -2.91. The summed E-state index contributed by atoms with van der Waals surface area (Å²) in [6, 6.07) is 13.7. The van der Waals surface area contributed by atoms with Gasteiger partial charge < -0.3 is 20.5 Å². The van der Waals surface area contributed by atoms with Crippen LogP contribution in [-0.4, -0.2) is 44.8 Å². The number of anilines is 1. The molecule has 0 aliphatic carbocycles. The fourth-order valence-electron chi connectivity index (χ4n) is 4.00. The van der Waals surface area contributed by atoms with E-state index in [1.54, 1.807) is 12.1 Å². The van der Waals surface area contributed by atoms with Crippen LogP contribution in [0.5, 0.6) is 5.75 Å². The summed E-state index contributed by atoms with van der Waals surface area (Å²) < 4.78 is 35.6. The second-order valence-corrected chi connectivity index (χ2v) is 12.0. The number of hydrogen-bond donors (Lipinski definition) is 2. The van der Waals surface area contributed by atoms with Gasteiger partial charge in [-0.1, -0.05) is 32.9 Å². The predicted octanol–water partition coefficient (Wildman–Crippen LogP) is 3.59. The Morgan fingerprint density at radius 2 is 1.74 bits per heavy atom. The highest BCUT2D eigenvalue weighted by molar-refractivity contribution is 7.93. The molecule has 1 fully saturated rings. The van der Waals surface area contributed by atoms with Gasteiger partial charge in [0.1, 0.15) is 5.75 Å². The number of nitrogens with one attached hydrogen (secondary N) is 1. The van der Waals surface area contributed by atoms with Gasteiger partial charge >= 0.3 is 0 Å². The van der Waals surface area contributed by atoms with Crippen LogP contribution in [-0.2, 0) is 29.6 Å². The summed E-state index contributed by atoms with van der Waals surface area (Å²) in [6.45, 7) is 6.98. The van der Waals surface area contributed by atoms with E-state index in [-0.39, 0.29) is 48.7 Å². The number of sulfone groups is 1. The van der Waals surface area contributed by atoms with Gasteiger partial charge in [0.25, 0.3) is 0 Å². The molecule has 3 N–H and O–H groups in total. The van der Waals surface area contributed by atoms with Gasteiger partial charge in [0.15, 0.2) is 14.6 Å². The van der Waals surface area contributed by atoms with Crippen molar-refractivity contribution in [2.24, 2.45) is 5.73 Å². The first kappa shape index (κ1) is 26.7. The normalized spacial score (nSPS) is 15.9. The highest BCUT2D eigenvalue weighted by Gasteiger charge is 2.51. The van der Waals surface area contributed by atoms with Crippen molar-refractivity contribution in [1.29, 1.82) is 0 Å². The van der Waals surface area contributed by atoms with E-state index in [9.17, 15) is 18.0 Å². The molecule has 35 heavy (non-hydrogen) atoms. The fraction of sp³-hybridized carbons (Fsp3) is 0.462. The fourth-order valence-corrected chi connectivity index (χ4v) is 5.91. The average Bonchev–Trinajstić information content (AvgIpc) is 2.82. The van der Waals surface area contributed by atoms with Gasteiger partial charge in [0.05, 0.1) is 11.5 Å². The van der Waals surface area contributed by atoms with E-state index < -0.39 is 20.5 Å². The van der Waals surface area contributed by atoms with Crippen molar-refractivity contribution in [1.82, 2.24) is 0 Å². The van der Waals surface area contributed by atoms with Gasteiger partial charge in [0.2, 0.25) is 11.8 Å². The largest absolute Gasteiger partial charge is 0.494 e. The lowest BCUT2D eigenvalue weighted by atomic mass is 9.87. The van der Waals surface area contributed by atoms with Crippen molar-refractivity contribution in [2.45, 2.75) is 61.5 Å². The monoisotopic (exact) mass is 502 g/mol. The van der Waals surface area contributed by atoms with Crippen LogP contribution in [0.1, 0.15) is 52.0 Å². The lowest BCUT2D eigenvalue weighted by Crippen LogP contribution is -2.53. The van der Waals surface area contributed by atoms with E-state index in [2.05, 4.69) is 26.1 Å². The summed E-state index contributed by atoms with van der Waals surface area (Å²) in [5.74, 6) is -0.485. The smallest absolute Gasteiger partial charge is 0.239 e. The molecule has 190 valence electrons. The number of rotatable bonds is 9. The van der Waals surface area contributed by atoms with Gasteiger partial charge in [0, 0.05) is 25.3 Å². The molecule has 9 heteroatoms. The Bertz CT molecular complexity index is 1150. The molecule has 1 aliphatic heterocycles. The number of carbonyl (C=O) groups is 2. The lowest BCUT2D eigenvalue weighted by molar-refractivity contribution is -0.123. The minimum Gasteiger partial charge on any atom is -0.494 e. The van der Waals surface area contributed by atoms with Crippen molar-refractivity contribution in [3.05, 3.63) is 54.1 Å². The molecule has 0 unspecified atom stereocenters. The van der Waals surface area contributed by atoms with Crippen LogP contribution in [0.2, 0.25) is 0 Å². The summed E-state index contributed by atoms with van der Waals surface area (Å²) in [5, 5.41) is 2.91. The first-order chi connectivity index (χ1) is 16.5. The molecule has 0 radical (unpaired) electrons. The number of amides is 2. The second kappa shape index (κ2) is 10.8. The number of primary amides is 1. The Morgan fingerprint density at radius 3 is 2.34 bits per heavy atom. The van der Waals surface area contributed by atoms with Crippen LogP contribution >= 0.6 is 0 Å². The molecule has 1 saturated heterocycles. The van der Waals surface area contributed by atoms with Crippen molar-refractivity contribution < 1.29 is 27.5 Å². The minimum absolute atomic E-state index is 0.00525. The maximum absolute atomic E-state index is 13.2. The zero-order chi connectivity index (χ0) is 25.7. The van der Waals surface area contributed by atoms with Gasteiger partial charge in [-0.05, 0) is 66.6 Å². The first-order valence-electron chi connectivity index (χ1n) is 11.7. The van der Waals surface area contributed by atoms with Gasteiger partial charge in [-0.25, -0.2) is 8.42 Å². The Kier molecular flexibility index (Phi) is 8.22. The number of benzene rings is 2. The molecule has 3 rings (SSSR count). The average molecular weight is 503 g/mol. The minimum atomic E-state index is -3.98. The van der Waals surface area contributed by atoms with Gasteiger partial charge in [-0.2, -0.15) is 0 Å². The number of carbonyl (C=O) groups excluding carboxylic acids is 2. The summed E-state index contributed by atoms with van der Waals surface area (Å²) in [7, 11) is -3.98. The molecule has 1 aliphatic rings. The first-order valence-corrected chi connectivity index (χ1v) is 13.2. The number of ether oxygens (including phenoxy) is 2. The zero-order valence-electron chi connectivity index (χ0n) is 20.5. The Balaban J connectivity index is 1.52. The van der Waals surface area contributed by atoms with E-state index >= 15 is 0 Å². The quantitative estimate of drug-likeness (QED) is 0.505. The molecular weight excluding hydrogens is 468 g/mol. The van der Waals surface area contributed by atoms with E-state index in [4.69, 9.17) is 15.2 Å². The van der Waals surface area contributed by atoms with Gasteiger partial charge in [-0.3, -0.25) is 9.59 Å². The molecular formula is C26H34N2O6S. The van der Waals surface area contributed by atoms with Crippen LogP contribution in [0.25, 0.3) is 0 Å². The topological polar surface area (TPSA) is 125 Å². The standard InChI is InChI=1S/C26H34N2O6S/c1-25(2,3)19-6-4-7-20(18-19)28-23(29)8-5-15-34-21-9-11-22(12-10-21)35(31,32)26(24(27)30)13-16-33-17-14-26/h4,6-7,9-12,18H,5,8,13-17H2,1-3H3,(H2,27,30)(H,28,29). The highest BCUT2D eigenvalue weighted by atomic mass is 32.2. The van der Waals surface area contributed by atoms with Crippen LogP contribution in [0.4, 0.5) is 5.69 Å². The Labute approximate surface area is 207 Å². The second-order valence-electron chi connectivity index (χ2n) is 9.78. The molecule has 2 aromatic carbocycles. The van der Waals surface area contributed by atoms with E-state index in [0.717, 1.165) is 11.3 Å². The molecule has 8 nitrogen and oxygen atoms in total. The molecule has 0 bridgehead atoms. The van der Waals surface area contributed by atoms with Crippen molar-refractivity contribution >= 4 is 27.3 Å².